The van der Waals surface area contributed by atoms with Crippen molar-refractivity contribution >= 4 is 23.1 Å². The van der Waals surface area contributed by atoms with Crippen molar-refractivity contribution in [1.82, 2.24) is 0 Å². The number of carboxylic acids is 1. The van der Waals surface area contributed by atoms with Gasteiger partial charge in [-0.1, -0.05) is 30.3 Å². The monoisotopic (exact) mass is 314 g/mol. The van der Waals surface area contributed by atoms with Crippen molar-refractivity contribution in [3.63, 3.8) is 0 Å². The van der Waals surface area contributed by atoms with Crippen molar-refractivity contribution in [1.29, 1.82) is 0 Å². The highest BCUT2D eigenvalue weighted by atomic mass is 16.6. The fourth-order valence-electron chi connectivity index (χ4n) is 2.19. The molecule has 2 aromatic rings. The van der Waals surface area contributed by atoms with Crippen LogP contribution in [-0.2, 0) is 4.79 Å². The van der Waals surface area contributed by atoms with Gasteiger partial charge in [-0.15, -0.1) is 0 Å². The van der Waals surface area contributed by atoms with Crippen molar-refractivity contribution in [3.05, 3.63) is 69.8 Å². The summed E-state index contributed by atoms with van der Waals surface area (Å²) >= 11 is 0. The second kappa shape index (κ2) is 6.69. The Morgan fingerprint density at radius 2 is 1.83 bits per heavy atom. The third kappa shape index (κ3) is 3.70. The van der Waals surface area contributed by atoms with Gasteiger partial charge in [0.15, 0.2) is 5.78 Å². The van der Waals surface area contributed by atoms with Crippen LogP contribution in [0.2, 0.25) is 0 Å². The summed E-state index contributed by atoms with van der Waals surface area (Å²) in [4.78, 5) is 35.2. The molecular weight excluding hydrogens is 300 g/mol. The van der Waals surface area contributed by atoms with Crippen molar-refractivity contribution in [3.8, 4) is 0 Å². The van der Waals surface area contributed by atoms with Crippen molar-refractivity contribution < 1.29 is 19.6 Å². The van der Waals surface area contributed by atoms with E-state index in [0.29, 0.717) is 11.3 Å². The number of carbonyl (C=O) groups excluding carboxylic acids is 1. The van der Waals surface area contributed by atoms with Gasteiger partial charge in [0.05, 0.1) is 10.5 Å². The largest absolute Gasteiger partial charge is 0.480 e. The van der Waals surface area contributed by atoms with Crippen molar-refractivity contribution in [2.24, 2.45) is 0 Å². The number of aliphatic carboxylic acids is 1. The summed E-state index contributed by atoms with van der Waals surface area (Å²) in [5.74, 6) is -1.47. The number of likely N-dealkylation sites (N-methyl/N-ethyl adjacent to an activating group) is 1. The summed E-state index contributed by atoms with van der Waals surface area (Å²) < 4.78 is 0. The second-order valence-electron chi connectivity index (χ2n) is 4.90. The number of nitro groups is 1. The number of carbonyl (C=O) groups is 2. The Morgan fingerprint density at radius 3 is 2.39 bits per heavy atom. The first kappa shape index (κ1) is 16.2. The van der Waals surface area contributed by atoms with Gasteiger partial charge in [0, 0.05) is 30.4 Å². The van der Waals surface area contributed by atoms with Gasteiger partial charge >= 0.3 is 5.97 Å². The Morgan fingerprint density at radius 1 is 1.17 bits per heavy atom. The molecule has 0 saturated heterocycles. The molecule has 23 heavy (non-hydrogen) atoms. The number of non-ortho nitro benzene ring substituents is 1. The third-order valence-corrected chi connectivity index (χ3v) is 3.26. The molecular formula is C16H14N2O5. The zero-order valence-electron chi connectivity index (χ0n) is 12.3. The lowest BCUT2D eigenvalue weighted by molar-refractivity contribution is -0.384. The molecule has 2 rings (SSSR count). The maximum absolute atomic E-state index is 12.6. The molecule has 0 aliphatic carbocycles. The normalized spacial score (nSPS) is 10.1. The topological polar surface area (TPSA) is 101 Å². The molecule has 0 amide bonds. The number of ketones is 1. The molecule has 0 spiro atoms. The number of anilines is 1. The lowest BCUT2D eigenvalue weighted by Gasteiger charge is -2.20. The van der Waals surface area contributed by atoms with Gasteiger partial charge in [-0.2, -0.15) is 0 Å². The Balaban J connectivity index is 2.53. The third-order valence-electron chi connectivity index (χ3n) is 3.26. The van der Waals surface area contributed by atoms with E-state index in [4.69, 9.17) is 5.11 Å². The van der Waals surface area contributed by atoms with Crippen LogP contribution in [0, 0.1) is 10.1 Å². The summed E-state index contributed by atoms with van der Waals surface area (Å²) in [6.07, 6.45) is 0. The zero-order valence-corrected chi connectivity index (χ0v) is 12.3. The van der Waals surface area contributed by atoms with E-state index < -0.39 is 16.7 Å². The number of benzene rings is 2. The molecule has 1 N–H and O–H groups in total. The van der Waals surface area contributed by atoms with Crippen LogP contribution in [0.1, 0.15) is 15.9 Å². The molecule has 0 radical (unpaired) electrons. The van der Waals surface area contributed by atoms with Gasteiger partial charge in [-0.05, 0) is 6.07 Å². The predicted octanol–water partition coefficient (Wildman–Crippen LogP) is 2.35. The Hall–Kier alpha value is -3.22. The van der Waals surface area contributed by atoms with E-state index >= 15 is 0 Å². The summed E-state index contributed by atoms with van der Waals surface area (Å²) in [5.41, 5.74) is 0.565. The molecule has 0 bridgehead atoms. The van der Waals surface area contributed by atoms with Crippen LogP contribution >= 0.6 is 0 Å². The number of hydrogen-bond acceptors (Lipinski definition) is 5. The van der Waals surface area contributed by atoms with Crippen molar-refractivity contribution in [2.45, 2.75) is 0 Å². The number of nitro benzene ring substituents is 1. The minimum atomic E-state index is -1.07. The SMILES string of the molecule is CN(CC(=O)O)c1ccc([N+](=O)[O-])cc1C(=O)c1ccccc1. The zero-order chi connectivity index (χ0) is 17.0. The molecule has 7 heteroatoms. The first-order valence-corrected chi connectivity index (χ1v) is 6.71. The van der Waals surface area contributed by atoms with Crippen LogP contribution in [0.15, 0.2) is 48.5 Å². The lowest BCUT2D eigenvalue weighted by atomic mass is 10.0. The second-order valence-corrected chi connectivity index (χ2v) is 4.90. The van der Waals surface area contributed by atoms with Crippen LogP contribution in [0.25, 0.3) is 0 Å². The molecule has 0 atom stereocenters. The molecule has 0 aromatic heterocycles. The highest BCUT2D eigenvalue weighted by Crippen LogP contribution is 2.27. The van der Waals surface area contributed by atoms with Gasteiger partial charge in [0.1, 0.15) is 6.54 Å². The average Bonchev–Trinajstić information content (AvgIpc) is 2.53. The fraction of sp³-hybridized carbons (Fsp3) is 0.125. The van der Waals surface area contributed by atoms with E-state index in [1.165, 1.54) is 30.1 Å². The fourth-order valence-corrected chi connectivity index (χ4v) is 2.19. The van der Waals surface area contributed by atoms with Crippen LogP contribution in [-0.4, -0.2) is 35.4 Å². The van der Waals surface area contributed by atoms with Gasteiger partial charge in [-0.3, -0.25) is 19.7 Å². The molecule has 0 heterocycles. The van der Waals surface area contributed by atoms with Gasteiger partial charge in [0.25, 0.3) is 5.69 Å². The van der Waals surface area contributed by atoms with Crippen LogP contribution in [0.3, 0.4) is 0 Å². The molecule has 0 unspecified atom stereocenters. The number of nitrogens with zero attached hydrogens (tertiary/aromatic N) is 2. The Kier molecular flexibility index (Phi) is 4.70. The number of rotatable bonds is 6. The van der Waals surface area contributed by atoms with E-state index in [9.17, 15) is 19.7 Å². The first-order chi connectivity index (χ1) is 10.9. The molecule has 7 nitrogen and oxygen atoms in total. The van der Waals surface area contributed by atoms with E-state index in [1.807, 2.05) is 0 Å². The summed E-state index contributed by atoms with van der Waals surface area (Å²) in [5, 5.41) is 19.9. The predicted molar refractivity (Wildman–Crippen MR) is 83.9 cm³/mol. The lowest BCUT2D eigenvalue weighted by Crippen LogP contribution is -2.26. The minimum Gasteiger partial charge on any atom is -0.480 e. The molecule has 0 saturated carbocycles. The van der Waals surface area contributed by atoms with Crippen LogP contribution in [0.4, 0.5) is 11.4 Å². The van der Waals surface area contributed by atoms with E-state index in [0.717, 1.165) is 0 Å². The smallest absolute Gasteiger partial charge is 0.323 e. The quantitative estimate of drug-likeness (QED) is 0.499. The molecule has 2 aromatic carbocycles. The maximum atomic E-state index is 12.6. The van der Waals surface area contributed by atoms with E-state index in [2.05, 4.69) is 0 Å². The number of hydrogen-bond donors (Lipinski definition) is 1. The van der Waals surface area contributed by atoms with Gasteiger partial charge in [0.2, 0.25) is 0 Å². The standard InChI is InChI=1S/C16H14N2O5/c1-17(10-15(19)20)14-8-7-12(18(22)23)9-13(14)16(21)11-5-3-2-4-6-11/h2-9H,10H2,1H3,(H,19,20). The maximum Gasteiger partial charge on any atom is 0.323 e. The minimum absolute atomic E-state index is 0.0918. The molecule has 118 valence electrons. The average molecular weight is 314 g/mol. The highest BCUT2D eigenvalue weighted by molar-refractivity contribution is 6.13. The van der Waals surface area contributed by atoms with E-state index in [-0.39, 0.29) is 17.8 Å². The Labute approximate surface area is 131 Å². The molecule has 0 fully saturated rings. The molecule has 0 aliphatic rings. The van der Waals surface area contributed by atoms with Crippen LogP contribution in [0.5, 0.6) is 0 Å². The summed E-state index contributed by atoms with van der Waals surface area (Å²) in [7, 11) is 1.51. The van der Waals surface area contributed by atoms with Crippen LogP contribution < -0.4 is 4.90 Å². The van der Waals surface area contributed by atoms with Gasteiger partial charge in [-0.25, -0.2) is 0 Å². The van der Waals surface area contributed by atoms with Gasteiger partial charge < -0.3 is 10.0 Å². The molecule has 0 aliphatic heterocycles. The highest BCUT2D eigenvalue weighted by Gasteiger charge is 2.21. The summed E-state index contributed by atoms with van der Waals surface area (Å²) in [6, 6.07) is 12.1. The summed E-state index contributed by atoms with van der Waals surface area (Å²) in [6.45, 7) is -0.327. The Bertz CT molecular complexity index is 758. The number of carboxylic acid groups (broad SMARTS) is 1. The first-order valence-electron chi connectivity index (χ1n) is 6.71. The van der Waals surface area contributed by atoms with Crippen molar-refractivity contribution in [2.75, 3.05) is 18.5 Å². The van der Waals surface area contributed by atoms with E-state index in [1.54, 1.807) is 30.3 Å².